The van der Waals surface area contributed by atoms with Crippen LogP contribution in [-0.2, 0) is 0 Å². The topological polar surface area (TPSA) is 67.2 Å². The first-order valence-corrected chi connectivity index (χ1v) is 7.86. The predicted octanol–water partition coefficient (Wildman–Crippen LogP) is 3.29. The Kier molecular flexibility index (Phi) is 3.51. The molecule has 2 heterocycles. The number of pyridine rings is 1. The summed E-state index contributed by atoms with van der Waals surface area (Å²) in [6, 6.07) is 12.0. The average Bonchev–Trinajstić information content (AvgIpc) is 3.44. The Hall–Kier alpha value is -2.74. The van der Waals surface area contributed by atoms with Crippen molar-refractivity contribution >= 4 is 5.82 Å². The molecule has 1 aromatic carbocycles. The van der Waals surface area contributed by atoms with Crippen molar-refractivity contribution in [1.82, 2.24) is 4.98 Å². The van der Waals surface area contributed by atoms with Crippen LogP contribution in [0.2, 0.25) is 0 Å². The number of ether oxygens (including phenoxy) is 2. The molecule has 2 aliphatic rings. The number of rotatable bonds is 4. The van der Waals surface area contributed by atoms with Crippen LogP contribution >= 0.6 is 0 Å². The van der Waals surface area contributed by atoms with Crippen LogP contribution in [0.15, 0.2) is 36.5 Å². The molecule has 0 bridgehead atoms. The predicted molar refractivity (Wildman–Crippen MR) is 85.5 cm³/mol. The molecule has 4 rings (SSSR count). The standard InChI is InChI=1S/C18H17N3O2/c19-11-14-2-1-7-20-18(14)21-17(12-3-4-12)13-5-6-15-16(10-13)23-9-8-22-15/h1-2,5-7,10,12,17H,3-4,8-9H2,(H,20,21). The fourth-order valence-corrected chi connectivity index (χ4v) is 2.91. The molecule has 0 saturated heterocycles. The summed E-state index contributed by atoms with van der Waals surface area (Å²) in [6.45, 7) is 1.17. The molecular weight excluding hydrogens is 290 g/mol. The Balaban J connectivity index is 1.65. The Morgan fingerprint density at radius 2 is 2.00 bits per heavy atom. The number of nitriles is 1. The Morgan fingerprint density at radius 3 is 2.78 bits per heavy atom. The molecule has 1 saturated carbocycles. The van der Waals surface area contributed by atoms with E-state index >= 15 is 0 Å². The highest BCUT2D eigenvalue weighted by atomic mass is 16.6. The van der Waals surface area contributed by atoms with E-state index in [-0.39, 0.29) is 6.04 Å². The number of anilines is 1. The summed E-state index contributed by atoms with van der Waals surface area (Å²) >= 11 is 0. The van der Waals surface area contributed by atoms with Gasteiger partial charge in [0.25, 0.3) is 0 Å². The maximum atomic E-state index is 9.25. The lowest BCUT2D eigenvalue weighted by Crippen LogP contribution is -2.18. The monoisotopic (exact) mass is 307 g/mol. The number of nitrogens with zero attached hydrogens (tertiary/aromatic N) is 2. The third-order valence-electron chi connectivity index (χ3n) is 4.24. The second kappa shape index (κ2) is 5.81. The number of hydrogen-bond acceptors (Lipinski definition) is 5. The number of benzene rings is 1. The Morgan fingerprint density at radius 1 is 1.17 bits per heavy atom. The Bertz CT molecular complexity index is 765. The van der Waals surface area contributed by atoms with Crippen LogP contribution in [0, 0.1) is 17.2 Å². The second-order valence-corrected chi connectivity index (χ2v) is 5.87. The molecule has 116 valence electrons. The molecule has 1 N–H and O–H groups in total. The van der Waals surface area contributed by atoms with Crippen molar-refractivity contribution in [3.8, 4) is 17.6 Å². The minimum Gasteiger partial charge on any atom is -0.486 e. The summed E-state index contributed by atoms with van der Waals surface area (Å²) in [7, 11) is 0. The van der Waals surface area contributed by atoms with Gasteiger partial charge >= 0.3 is 0 Å². The van der Waals surface area contributed by atoms with Gasteiger partial charge in [-0.25, -0.2) is 4.98 Å². The molecule has 0 radical (unpaired) electrons. The molecule has 23 heavy (non-hydrogen) atoms. The number of nitrogens with one attached hydrogen (secondary N) is 1. The van der Waals surface area contributed by atoms with Crippen molar-refractivity contribution in [1.29, 1.82) is 5.26 Å². The summed E-state index contributed by atoms with van der Waals surface area (Å²) in [4.78, 5) is 4.32. The van der Waals surface area contributed by atoms with Crippen LogP contribution in [0.3, 0.4) is 0 Å². The highest BCUT2D eigenvalue weighted by Gasteiger charge is 2.33. The van der Waals surface area contributed by atoms with Crippen LogP contribution in [0.25, 0.3) is 0 Å². The van der Waals surface area contributed by atoms with Gasteiger partial charge in [0.15, 0.2) is 11.5 Å². The lowest BCUT2D eigenvalue weighted by atomic mass is 10.0. The largest absolute Gasteiger partial charge is 0.486 e. The van der Waals surface area contributed by atoms with Crippen LogP contribution < -0.4 is 14.8 Å². The molecule has 1 aliphatic heterocycles. The van der Waals surface area contributed by atoms with Gasteiger partial charge in [-0.2, -0.15) is 5.26 Å². The summed E-state index contributed by atoms with van der Waals surface area (Å²) in [5.74, 6) is 2.79. The highest BCUT2D eigenvalue weighted by molar-refractivity contribution is 5.54. The van der Waals surface area contributed by atoms with Gasteiger partial charge in [-0.15, -0.1) is 0 Å². The maximum absolute atomic E-state index is 9.25. The van der Waals surface area contributed by atoms with Gasteiger partial charge in [-0.05, 0) is 48.6 Å². The molecule has 1 unspecified atom stereocenters. The van der Waals surface area contributed by atoms with Gasteiger partial charge in [0.05, 0.1) is 11.6 Å². The van der Waals surface area contributed by atoms with Crippen molar-refractivity contribution in [2.24, 2.45) is 5.92 Å². The van der Waals surface area contributed by atoms with Crippen molar-refractivity contribution in [2.45, 2.75) is 18.9 Å². The summed E-state index contributed by atoms with van der Waals surface area (Å²) in [5, 5.41) is 12.7. The van der Waals surface area contributed by atoms with E-state index in [0.717, 1.165) is 17.1 Å². The van der Waals surface area contributed by atoms with Gasteiger partial charge < -0.3 is 14.8 Å². The van der Waals surface area contributed by atoms with Gasteiger partial charge in [0, 0.05) is 6.20 Å². The summed E-state index contributed by atoms with van der Waals surface area (Å²) in [5.41, 5.74) is 1.71. The number of hydrogen-bond donors (Lipinski definition) is 1. The lowest BCUT2D eigenvalue weighted by molar-refractivity contribution is 0.171. The van der Waals surface area contributed by atoms with E-state index in [9.17, 15) is 5.26 Å². The Labute approximate surface area is 134 Å². The summed E-state index contributed by atoms with van der Waals surface area (Å²) < 4.78 is 11.3. The zero-order valence-electron chi connectivity index (χ0n) is 12.7. The molecule has 2 aromatic rings. The fourth-order valence-electron chi connectivity index (χ4n) is 2.91. The quantitative estimate of drug-likeness (QED) is 0.939. The smallest absolute Gasteiger partial charge is 0.161 e. The van der Waals surface area contributed by atoms with E-state index in [0.29, 0.717) is 30.5 Å². The second-order valence-electron chi connectivity index (χ2n) is 5.87. The van der Waals surface area contributed by atoms with Gasteiger partial charge in [0.2, 0.25) is 0 Å². The molecule has 1 aromatic heterocycles. The first-order valence-electron chi connectivity index (χ1n) is 7.86. The zero-order valence-corrected chi connectivity index (χ0v) is 12.7. The maximum Gasteiger partial charge on any atom is 0.161 e. The zero-order chi connectivity index (χ0) is 15.6. The average molecular weight is 307 g/mol. The third kappa shape index (κ3) is 2.80. The normalized spacial score (nSPS) is 17.2. The van der Waals surface area contributed by atoms with Crippen molar-refractivity contribution < 1.29 is 9.47 Å². The van der Waals surface area contributed by atoms with E-state index in [1.54, 1.807) is 18.3 Å². The van der Waals surface area contributed by atoms with Crippen LogP contribution in [-0.4, -0.2) is 18.2 Å². The van der Waals surface area contributed by atoms with Gasteiger partial charge in [0.1, 0.15) is 25.1 Å². The van der Waals surface area contributed by atoms with Crippen molar-refractivity contribution in [3.05, 3.63) is 47.7 Å². The molecule has 5 nitrogen and oxygen atoms in total. The highest BCUT2D eigenvalue weighted by Crippen LogP contribution is 2.44. The van der Waals surface area contributed by atoms with Gasteiger partial charge in [-0.1, -0.05) is 6.07 Å². The number of fused-ring (bicyclic) bond motifs is 1. The van der Waals surface area contributed by atoms with E-state index in [1.807, 2.05) is 12.1 Å². The SMILES string of the molecule is N#Cc1cccnc1NC(c1ccc2c(c1)OCCO2)C1CC1. The first-order chi connectivity index (χ1) is 11.3. The van der Waals surface area contributed by atoms with E-state index in [2.05, 4.69) is 22.4 Å². The third-order valence-corrected chi connectivity index (χ3v) is 4.24. The van der Waals surface area contributed by atoms with Crippen molar-refractivity contribution in [3.63, 3.8) is 0 Å². The molecule has 0 amide bonds. The van der Waals surface area contributed by atoms with E-state index in [1.165, 1.54) is 12.8 Å². The molecule has 1 aliphatic carbocycles. The molecular formula is C18H17N3O2. The minimum atomic E-state index is 0.132. The molecule has 1 atom stereocenters. The number of aromatic nitrogens is 1. The molecule has 0 spiro atoms. The summed E-state index contributed by atoms with van der Waals surface area (Å²) in [6.07, 6.45) is 4.07. The lowest BCUT2D eigenvalue weighted by Gasteiger charge is -2.23. The van der Waals surface area contributed by atoms with Crippen LogP contribution in [0.5, 0.6) is 11.5 Å². The van der Waals surface area contributed by atoms with E-state index < -0.39 is 0 Å². The molecule has 5 heteroatoms. The first kappa shape index (κ1) is 13.9. The van der Waals surface area contributed by atoms with Crippen LogP contribution in [0.1, 0.15) is 30.0 Å². The van der Waals surface area contributed by atoms with Gasteiger partial charge in [-0.3, -0.25) is 0 Å². The minimum absolute atomic E-state index is 0.132. The molecule has 1 fully saturated rings. The van der Waals surface area contributed by atoms with Crippen molar-refractivity contribution in [2.75, 3.05) is 18.5 Å². The van der Waals surface area contributed by atoms with Crippen LogP contribution in [0.4, 0.5) is 5.82 Å². The van der Waals surface area contributed by atoms with E-state index in [4.69, 9.17) is 9.47 Å². The fraction of sp³-hybridized carbons (Fsp3) is 0.333.